The van der Waals surface area contributed by atoms with E-state index in [0.29, 0.717) is 42.5 Å². The van der Waals surface area contributed by atoms with E-state index in [2.05, 4.69) is 10.2 Å². The fourth-order valence-electron chi connectivity index (χ4n) is 3.93. The highest BCUT2D eigenvalue weighted by atomic mass is 35.5. The summed E-state index contributed by atoms with van der Waals surface area (Å²) in [5, 5.41) is 3.68. The Morgan fingerprint density at radius 2 is 1.75 bits per heavy atom. The number of carbonyl (C=O) groups excluding carboxylic acids is 2. The summed E-state index contributed by atoms with van der Waals surface area (Å²) in [6, 6.07) is 10.9. The number of nitrogens with zero attached hydrogens (tertiary/aromatic N) is 2. The molecule has 0 atom stereocenters. The largest absolute Gasteiger partial charge is 0.379 e. The molecule has 0 saturated carbocycles. The van der Waals surface area contributed by atoms with Gasteiger partial charge in [0, 0.05) is 36.9 Å². The summed E-state index contributed by atoms with van der Waals surface area (Å²) >= 11 is 6.23. The number of amides is 2. The van der Waals surface area contributed by atoms with Gasteiger partial charge < -0.3 is 10.1 Å². The minimum Gasteiger partial charge on any atom is -0.379 e. The van der Waals surface area contributed by atoms with E-state index in [1.807, 2.05) is 6.92 Å². The number of anilines is 1. The van der Waals surface area contributed by atoms with Crippen LogP contribution in [0.5, 0.6) is 0 Å². The summed E-state index contributed by atoms with van der Waals surface area (Å²) in [6.07, 6.45) is 0.664. The van der Waals surface area contributed by atoms with Gasteiger partial charge >= 0.3 is 0 Å². The van der Waals surface area contributed by atoms with Gasteiger partial charge in [-0.1, -0.05) is 29.8 Å². The van der Waals surface area contributed by atoms with Crippen LogP contribution in [0.2, 0.25) is 5.02 Å². The van der Waals surface area contributed by atoms with E-state index in [1.165, 1.54) is 29.2 Å². The highest BCUT2D eigenvalue weighted by Crippen LogP contribution is 2.32. The minimum atomic E-state index is -0.409. The maximum atomic E-state index is 13.5. The molecule has 0 aromatic heterocycles. The number of halogens is 2. The van der Waals surface area contributed by atoms with Crippen LogP contribution in [0.25, 0.3) is 5.57 Å². The second-order valence-electron chi connectivity index (χ2n) is 7.86. The van der Waals surface area contributed by atoms with Gasteiger partial charge in [-0.25, -0.2) is 4.39 Å². The topological polar surface area (TPSA) is 61.9 Å². The SMILES string of the molecule is Cc1c(Cl)cccc1NC1=C(c2ccc(F)cc2)C(=O)N(CCCN2CCOCC2)C1=O. The zero-order chi connectivity index (χ0) is 22.7. The van der Waals surface area contributed by atoms with E-state index >= 15 is 0 Å². The van der Waals surface area contributed by atoms with Crippen molar-refractivity contribution in [2.75, 3.05) is 44.7 Å². The predicted molar refractivity (Wildman–Crippen MR) is 122 cm³/mol. The predicted octanol–water partition coefficient (Wildman–Crippen LogP) is 3.70. The number of imide groups is 1. The Bertz CT molecular complexity index is 1050. The van der Waals surface area contributed by atoms with E-state index < -0.39 is 11.7 Å². The fraction of sp³-hybridized carbons (Fsp3) is 0.333. The lowest BCUT2D eigenvalue weighted by Crippen LogP contribution is -2.39. The van der Waals surface area contributed by atoms with Crippen LogP contribution >= 0.6 is 11.6 Å². The van der Waals surface area contributed by atoms with Crippen molar-refractivity contribution in [2.24, 2.45) is 0 Å². The second kappa shape index (κ2) is 9.81. The maximum Gasteiger partial charge on any atom is 0.278 e. The van der Waals surface area contributed by atoms with Crippen molar-refractivity contribution in [3.8, 4) is 0 Å². The number of morpholine rings is 1. The molecule has 0 spiro atoms. The van der Waals surface area contributed by atoms with E-state index in [9.17, 15) is 14.0 Å². The second-order valence-corrected chi connectivity index (χ2v) is 8.27. The number of ether oxygens (including phenoxy) is 1. The average Bonchev–Trinajstić information content (AvgIpc) is 3.02. The van der Waals surface area contributed by atoms with Crippen LogP contribution in [0, 0.1) is 12.7 Å². The standard InChI is InChI=1S/C24H25ClFN3O3/c1-16-19(25)4-2-5-20(16)27-22-21(17-6-8-18(26)9-7-17)23(30)29(24(22)31)11-3-10-28-12-14-32-15-13-28/h2,4-9,27H,3,10-15H2,1H3. The lowest BCUT2D eigenvalue weighted by molar-refractivity contribution is -0.136. The number of hydrogen-bond acceptors (Lipinski definition) is 5. The van der Waals surface area contributed by atoms with Crippen LogP contribution in [-0.4, -0.2) is 61.0 Å². The summed E-state index contributed by atoms with van der Waals surface area (Å²) in [5.41, 5.74) is 2.32. The van der Waals surface area contributed by atoms with Crippen molar-refractivity contribution in [1.82, 2.24) is 9.80 Å². The first-order chi connectivity index (χ1) is 15.5. The third-order valence-electron chi connectivity index (χ3n) is 5.79. The fourth-order valence-corrected chi connectivity index (χ4v) is 4.11. The van der Waals surface area contributed by atoms with Gasteiger partial charge in [-0.15, -0.1) is 0 Å². The first kappa shape index (κ1) is 22.5. The molecule has 0 aliphatic carbocycles. The molecule has 168 valence electrons. The molecule has 0 unspecified atom stereocenters. The molecule has 2 aliphatic heterocycles. The third-order valence-corrected chi connectivity index (χ3v) is 6.20. The molecule has 1 saturated heterocycles. The molecule has 1 N–H and O–H groups in total. The molecule has 2 aromatic rings. The quantitative estimate of drug-likeness (QED) is 0.642. The van der Waals surface area contributed by atoms with Crippen LogP contribution in [-0.2, 0) is 14.3 Å². The molecule has 0 radical (unpaired) electrons. The molecule has 2 aliphatic rings. The van der Waals surface area contributed by atoms with Gasteiger partial charge in [0.15, 0.2) is 0 Å². The summed E-state index contributed by atoms with van der Waals surface area (Å²) < 4.78 is 18.8. The Balaban J connectivity index is 1.59. The third kappa shape index (κ3) is 4.70. The molecule has 4 rings (SSSR count). The summed E-state index contributed by atoms with van der Waals surface area (Å²) in [5.74, 6) is -1.19. The number of rotatable bonds is 7. The van der Waals surface area contributed by atoms with Crippen LogP contribution < -0.4 is 5.32 Å². The van der Waals surface area contributed by atoms with Crippen molar-refractivity contribution in [1.29, 1.82) is 0 Å². The lowest BCUT2D eigenvalue weighted by atomic mass is 10.0. The van der Waals surface area contributed by atoms with Gasteiger partial charge in [0.05, 0.1) is 18.8 Å². The van der Waals surface area contributed by atoms with Crippen molar-refractivity contribution >= 4 is 34.7 Å². The molecule has 2 aromatic carbocycles. The highest BCUT2D eigenvalue weighted by Gasteiger charge is 2.39. The molecule has 32 heavy (non-hydrogen) atoms. The molecule has 0 bridgehead atoms. The van der Waals surface area contributed by atoms with Crippen LogP contribution in [0.3, 0.4) is 0 Å². The normalized spacial score (nSPS) is 17.4. The maximum absolute atomic E-state index is 13.5. The summed E-state index contributed by atoms with van der Waals surface area (Å²) in [4.78, 5) is 30.1. The van der Waals surface area contributed by atoms with Crippen molar-refractivity contribution in [3.05, 3.63) is 70.1 Å². The number of nitrogens with one attached hydrogen (secondary N) is 1. The Hall–Kier alpha value is -2.74. The van der Waals surface area contributed by atoms with Gasteiger partial charge in [-0.3, -0.25) is 19.4 Å². The Kier molecular flexibility index (Phi) is 6.89. The highest BCUT2D eigenvalue weighted by molar-refractivity contribution is 6.36. The summed E-state index contributed by atoms with van der Waals surface area (Å²) in [6.45, 7) is 6.02. The molecule has 6 nitrogen and oxygen atoms in total. The molecular weight excluding hydrogens is 433 g/mol. The average molecular weight is 458 g/mol. The lowest BCUT2D eigenvalue weighted by Gasteiger charge is -2.27. The first-order valence-electron chi connectivity index (χ1n) is 10.6. The molecule has 2 heterocycles. The van der Waals surface area contributed by atoms with Gasteiger partial charge in [-0.2, -0.15) is 0 Å². The van der Waals surface area contributed by atoms with Gasteiger partial charge in [0.2, 0.25) is 0 Å². The molecule has 2 amide bonds. The Morgan fingerprint density at radius 1 is 1.03 bits per heavy atom. The smallest absolute Gasteiger partial charge is 0.278 e. The first-order valence-corrected chi connectivity index (χ1v) is 11.0. The number of hydrogen-bond donors (Lipinski definition) is 1. The monoisotopic (exact) mass is 457 g/mol. The zero-order valence-corrected chi connectivity index (χ0v) is 18.6. The van der Waals surface area contributed by atoms with Crippen LogP contribution in [0.1, 0.15) is 17.5 Å². The van der Waals surface area contributed by atoms with E-state index in [4.69, 9.17) is 16.3 Å². The van der Waals surface area contributed by atoms with Crippen molar-refractivity contribution in [3.63, 3.8) is 0 Å². The summed E-state index contributed by atoms with van der Waals surface area (Å²) in [7, 11) is 0. The zero-order valence-electron chi connectivity index (χ0n) is 17.9. The van der Waals surface area contributed by atoms with Gasteiger partial charge in [0.1, 0.15) is 11.5 Å². The van der Waals surface area contributed by atoms with E-state index in [-0.39, 0.29) is 17.2 Å². The van der Waals surface area contributed by atoms with Gasteiger partial charge in [0.25, 0.3) is 11.8 Å². The molecular formula is C24H25ClFN3O3. The van der Waals surface area contributed by atoms with Crippen molar-refractivity contribution < 1.29 is 18.7 Å². The number of carbonyl (C=O) groups is 2. The minimum absolute atomic E-state index is 0.179. The van der Waals surface area contributed by atoms with Gasteiger partial charge in [-0.05, 0) is 48.7 Å². The van der Waals surface area contributed by atoms with Crippen LogP contribution in [0.4, 0.5) is 10.1 Å². The molecule has 1 fully saturated rings. The van der Waals surface area contributed by atoms with Crippen LogP contribution in [0.15, 0.2) is 48.2 Å². The van der Waals surface area contributed by atoms with E-state index in [1.54, 1.807) is 18.2 Å². The Labute approximate surface area is 191 Å². The van der Waals surface area contributed by atoms with E-state index in [0.717, 1.165) is 25.2 Å². The van der Waals surface area contributed by atoms with Crippen molar-refractivity contribution in [2.45, 2.75) is 13.3 Å². The number of benzene rings is 2. The molecule has 8 heteroatoms. The Morgan fingerprint density at radius 3 is 2.47 bits per heavy atom.